The van der Waals surface area contributed by atoms with Crippen LogP contribution < -0.4 is 0 Å². The Morgan fingerprint density at radius 3 is 2.43 bits per heavy atom. The fourth-order valence-corrected chi connectivity index (χ4v) is 2.34. The van der Waals surface area contributed by atoms with Crippen molar-refractivity contribution in [2.45, 2.75) is 45.9 Å². The smallest absolute Gasteiger partial charge is 0.0387 e. The van der Waals surface area contributed by atoms with E-state index < -0.39 is 0 Å². The van der Waals surface area contributed by atoms with E-state index in [2.05, 4.69) is 39.8 Å². The lowest BCUT2D eigenvalue weighted by Crippen LogP contribution is -2.21. The maximum Gasteiger partial charge on any atom is 0.0387 e. The number of aryl methyl sites for hydroxylation is 2. The summed E-state index contributed by atoms with van der Waals surface area (Å²) in [5.74, 6) is 0. The van der Waals surface area contributed by atoms with Crippen molar-refractivity contribution in [2.24, 2.45) is 5.41 Å². The van der Waals surface area contributed by atoms with Crippen LogP contribution in [0.3, 0.4) is 0 Å². The monoisotopic (exact) mass is 230 g/mol. The highest BCUT2D eigenvalue weighted by Gasteiger charge is 2.21. The van der Waals surface area contributed by atoms with Gasteiger partial charge in [-0.15, -0.1) is 22.9 Å². The molecule has 0 aliphatic rings. The first-order valence-electron chi connectivity index (χ1n) is 5.09. The third-order valence-corrected chi connectivity index (χ3v) is 4.31. The number of rotatable bonds is 3. The first kappa shape index (κ1) is 12.1. The van der Waals surface area contributed by atoms with E-state index in [1.54, 1.807) is 0 Å². The van der Waals surface area contributed by atoms with Crippen LogP contribution in [0.25, 0.3) is 0 Å². The van der Waals surface area contributed by atoms with E-state index in [-0.39, 0.29) is 10.8 Å². The van der Waals surface area contributed by atoms with E-state index in [0.717, 1.165) is 12.8 Å². The highest BCUT2D eigenvalue weighted by atomic mass is 35.5. The summed E-state index contributed by atoms with van der Waals surface area (Å²) in [6, 6.07) is 4.40. The molecule has 0 N–H and O–H groups in total. The van der Waals surface area contributed by atoms with Gasteiger partial charge in [-0.1, -0.05) is 20.8 Å². The Bertz CT molecular complexity index is 283. The summed E-state index contributed by atoms with van der Waals surface area (Å²) in [4.78, 5) is 2.85. The Kier molecular flexibility index (Phi) is 4.03. The first-order valence-corrected chi connectivity index (χ1v) is 6.34. The molecule has 0 nitrogen and oxygen atoms in total. The first-order chi connectivity index (χ1) is 6.39. The molecule has 0 radical (unpaired) electrons. The van der Waals surface area contributed by atoms with Gasteiger partial charge in [0.15, 0.2) is 0 Å². The van der Waals surface area contributed by atoms with Crippen LogP contribution in [-0.2, 0) is 6.42 Å². The predicted octanol–water partition coefficient (Wildman–Crippen LogP) is 4.64. The Morgan fingerprint density at radius 2 is 2.00 bits per heavy atom. The molecule has 0 amide bonds. The lowest BCUT2D eigenvalue weighted by molar-refractivity contribution is 0.374. The van der Waals surface area contributed by atoms with Crippen molar-refractivity contribution >= 4 is 22.9 Å². The quantitative estimate of drug-likeness (QED) is 0.664. The van der Waals surface area contributed by atoms with Gasteiger partial charge in [0.1, 0.15) is 0 Å². The fraction of sp³-hybridized carbons (Fsp3) is 0.667. The van der Waals surface area contributed by atoms with Crippen LogP contribution in [0.4, 0.5) is 0 Å². The second-order valence-corrected chi connectivity index (χ2v) is 6.78. The van der Waals surface area contributed by atoms with Gasteiger partial charge in [0.25, 0.3) is 0 Å². The molecule has 2 heteroatoms. The zero-order valence-corrected chi connectivity index (χ0v) is 11.0. The molecule has 1 unspecified atom stereocenters. The molecule has 1 atom stereocenters. The molecule has 1 aromatic rings. The molecular weight excluding hydrogens is 212 g/mol. The Hall–Kier alpha value is -0.0100. The minimum absolute atomic E-state index is 0.216. The lowest BCUT2D eigenvalue weighted by atomic mass is 9.89. The molecule has 1 rings (SSSR count). The van der Waals surface area contributed by atoms with E-state index in [1.165, 1.54) is 9.75 Å². The molecule has 0 fully saturated rings. The van der Waals surface area contributed by atoms with Gasteiger partial charge in [-0.2, -0.15) is 0 Å². The number of hydrogen-bond acceptors (Lipinski definition) is 1. The number of hydrogen-bond donors (Lipinski definition) is 0. The van der Waals surface area contributed by atoms with Gasteiger partial charge in [0.2, 0.25) is 0 Å². The van der Waals surface area contributed by atoms with Gasteiger partial charge in [0, 0.05) is 15.1 Å². The van der Waals surface area contributed by atoms with Crippen molar-refractivity contribution in [3.63, 3.8) is 0 Å². The van der Waals surface area contributed by atoms with Gasteiger partial charge < -0.3 is 0 Å². The minimum Gasteiger partial charge on any atom is -0.146 e. The summed E-state index contributed by atoms with van der Waals surface area (Å²) < 4.78 is 0. The van der Waals surface area contributed by atoms with Crippen LogP contribution in [0.15, 0.2) is 12.1 Å². The van der Waals surface area contributed by atoms with Crippen molar-refractivity contribution in [2.75, 3.05) is 0 Å². The van der Waals surface area contributed by atoms with Crippen LogP contribution in [0.1, 0.15) is 36.9 Å². The summed E-state index contributed by atoms with van der Waals surface area (Å²) in [6.07, 6.45) is 2.19. The Labute approximate surface area is 96.3 Å². The van der Waals surface area contributed by atoms with Crippen LogP contribution in [-0.4, -0.2) is 5.38 Å². The molecular formula is C12H19ClS. The van der Waals surface area contributed by atoms with E-state index in [0.29, 0.717) is 0 Å². The van der Waals surface area contributed by atoms with E-state index in [4.69, 9.17) is 11.6 Å². The summed E-state index contributed by atoms with van der Waals surface area (Å²) in [5.41, 5.74) is 0.216. The highest BCUT2D eigenvalue weighted by molar-refractivity contribution is 7.11. The van der Waals surface area contributed by atoms with E-state index >= 15 is 0 Å². The van der Waals surface area contributed by atoms with Crippen LogP contribution in [0.2, 0.25) is 0 Å². The molecule has 0 aromatic carbocycles. The largest absolute Gasteiger partial charge is 0.146 e. The zero-order chi connectivity index (χ0) is 10.8. The molecule has 0 saturated heterocycles. The summed E-state index contributed by atoms with van der Waals surface area (Å²) >= 11 is 8.20. The molecule has 1 heterocycles. The maximum absolute atomic E-state index is 6.32. The van der Waals surface area contributed by atoms with Gasteiger partial charge in [-0.3, -0.25) is 0 Å². The second-order valence-electron chi connectivity index (χ2n) is 4.88. The molecule has 0 aliphatic carbocycles. The average molecular weight is 231 g/mol. The van der Waals surface area contributed by atoms with Crippen LogP contribution >= 0.6 is 22.9 Å². The second kappa shape index (κ2) is 4.67. The molecule has 0 aliphatic heterocycles. The molecule has 1 aromatic heterocycles. The highest BCUT2D eigenvalue weighted by Crippen LogP contribution is 2.29. The van der Waals surface area contributed by atoms with Crippen LogP contribution in [0, 0.1) is 12.3 Å². The number of thiophene rings is 1. The van der Waals surface area contributed by atoms with Gasteiger partial charge >= 0.3 is 0 Å². The molecule has 0 bridgehead atoms. The van der Waals surface area contributed by atoms with Crippen molar-refractivity contribution < 1.29 is 0 Å². The standard InChI is InChI=1S/C12H19ClS/c1-9-5-6-10(14-9)7-8-11(13)12(2,3)4/h5-6,11H,7-8H2,1-4H3. The van der Waals surface area contributed by atoms with Crippen LogP contribution in [0.5, 0.6) is 0 Å². The van der Waals surface area contributed by atoms with Crippen molar-refractivity contribution in [3.05, 3.63) is 21.9 Å². The molecule has 80 valence electrons. The van der Waals surface area contributed by atoms with Gasteiger partial charge in [-0.25, -0.2) is 0 Å². The third kappa shape index (κ3) is 3.62. The van der Waals surface area contributed by atoms with Gasteiger partial charge in [0.05, 0.1) is 0 Å². The summed E-state index contributed by atoms with van der Waals surface area (Å²) in [6.45, 7) is 8.75. The minimum atomic E-state index is 0.216. The summed E-state index contributed by atoms with van der Waals surface area (Å²) in [5, 5.41) is 0.268. The maximum atomic E-state index is 6.32. The fourth-order valence-electron chi connectivity index (χ4n) is 1.32. The predicted molar refractivity (Wildman–Crippen MR) is 66.5 cm³/mol. The van der Waals surface area contributed by atoms with E-state index in [1.807, 2.05) is 11.3 Å². The molecule has 0 saturated carbocycles. The normalized spacial score (nSPS) is 14.4. The lowest BCUT2D eigenvalue weighted by Gasteiger charge is -2.24. The Morgan fingerprint density at radius 1 is 1.36 bits per heavy atom. The third-order valence-electron chi connectivity index (χ3n) is 2.38. The zero-order valence-electron chi connectivity index (χ0n) is 9.43. The Balaban J connectivity index is 2.41. The average Bonchev–Trinajstić information content (AvgIpc) is 2.45. The summed E-state index contributed by atoms with van der Waals surface area (Å²) in [7, 11) is 0. The molecule has 0 spiro atoms. The van der Waals surface area contributed by atoms with Crippen molar-refractivity contribution in [3.8, 4) is 0 Å². The SMILES string of the molecule is Cc1ccc(CCC(Cl)C(C)(C)C)s1. The topological polar surface area (TPSA) is 0 Å². The van der Waals surface area contributed by atoms with Gasteiger partial charge in [-0.05, 0) is 37.3 Å². The van der Waals surface area contributed by atoms with E-state index in [9.17, 15) is 0 Å². The number of alkyl halides is 1. The molecule has 14 heavy (non-hydrogen) atoms. The number of halogens is 1. The van der Waals surface area contributed by atoms with Crippen molar-refractivity contribution in [1.82, 2.24) is 0 Å². The van der Waals surface area contributed by atoms with Crippen molar-refractivity contribution in [1.29, 1.82) is 0 Å².